The number of likely N-dealkylation sites (N-methyl/N-ethyl adjacent to an activating group) is 1. The third-order valence-corrected chi connectivity index (χ3v) is 2.32. The predicted octanol–water partition coefficient (Wildman–Crippen LogP) is 1.52. The van der Waals surface area contributed by atoms with Crippen LogP contribution in [-0.2, 0) is 18.2 Å². The van der Waals surface area contributed by atoms with Gasteiger partial charge < -0.3 is 10.1 Å². The number of aromatic nitrogens is 2. The molecule has 0 aliphatic heterocycles. The van der Waals surface area contributed by atoms with Crippen molar-refractivity contribution in [2.45, 2.75) is 25.6 Å². The van der Waals surface area contributed by atoms with Gasteiger partial charge in [0.25, 0.3) is 0 Å². The quantitative estimate of drug-likeness (QED) is 0.812. The van der Waals surface area contributed by atoms with Gasteiger partial charge in [-0.05, 0) is 18.5 Å². The van der Waals surface area contributed by atoms with Crippen molar-refractivity contribution >= 4 is 0 Å². The standard InChI is InChI=1S/C11H18F3N3O/c1-3-15-10(7-18-8-11(12,13)14)4-9-5-16-17(2)6-9/h5-6,10,15H,3-4,7-8H2,1-2H3. The summed E-state index contributed by atoms with van der Waals surface area (Å²) in [5, 5.41) is 7.11. The first-order chi connectivity index (χ1) is 8.40. The van der Waals surface area contributed by atoms with E-state index in [9.17, 15) is 13.2 Å². The lowest BCUT2D eigenvalue weighted by Crippen LogP contribution is -2.36. The van der Waals surface area contributed by atoms with E-state index in [1.165, 1.54) is 0 Å². The van der Waals surface area contributed by atoms with Gasteiger partial charge in [-0.25, -0.2) is 0 Å². The molecule has 7 heteroatoms. The monoisotopic (exact) mass is 265 g/mol. The Morgan fingerprint density at radius 2 is 2.22 bits per heavy atom. The second-order valence-corrected chi connectivity index (χ2v) is 4.11. The molecule has 0 radical (unpaired) electrons. The van der Waals surface area contributed by atoms with Gasteiger partial charge in [-0.3, -0.25) is 4.68 Å². The molecule has 0 spiro atoms. The van der Waals surface area contributed by atoms with Crippen LogP contribution in [-0.4, -0.2) is 41.8 Å². The van der Waals surface area contributed by atoms with E-state index in [4.69, 9.17) is 0 Å². The van der Waals surface area contributed by atoms with Crippen LogP contribution in [0.1, 0.15) is 12.5 Å². The highest BCUT2D eigenvalue weighted by Gasteiger charge is 2.27. The fourth-order valence-electron chi connectivity index (χ4n) is 1.66. The average Bonchev–Trinajstić information content (AvgIpc) is 2.62. The van der Waals surface area contributed by atoms with Crippen LogP contribution in [0.15, 0.2) is 12.4 Å². The highest BCUT2D eigenvalue weighted by molar-refractivity contribution is 5.05. The Hall–Kier alpha value is -1.08. The topological polar surface area (TPSA) is 39.1 Å². The SMILES string of the molecule is CCNC(COCC(F)(F)F)Cc1cnn(C)c1. The van der Waals surface area contributed by atoms with Crippen molar-refractivity contribution in [3.05, 3.63) is 18.0 Å². The Kier molecular flexibility index (Phi) is 5.61. The number of hydrogen-bond acceptors (Lipinski definition) is 3. The Bertz CT molecular complexity index is 352. The molecule has 1 heterocycles. The van der Waals surface area contributed by atoms with E-state index in [0.717, 1.165) is 5.56 Å². The molecule has 1 atom stereocenters. The Labute approximate surface area is 104 Å². The molecule has 0 aliphatic carbocycles. The van der Waals surface area contributed by atoms with Gasteiger partial charge in [-0.1, -0.05) is 6.92 Å². The van der Waals surface area contributed by atoms with Crippen LogP contribution in [0.25, 0.3) is 0 Å². The molecule has 1 unspecified atom stereocenters. The highest BCUT2D eigenvalue weighted by atomic mass is 19.4. The van der Waals surface area contributed by atoms with Crippen LogP contribution in [0.3, 0.4) is 0 Å². The summed E-state index contributed by atoms with van der Waals surface area (Å²) >= 11 is 0. The first-order valence-electron chi connectivity index (χ1n) is 5.76. The molecule has 0 fully saturated rings. The van der Waals surface area contributed by atoms with Crippen molar-refractivity contribution < 1.29 is 17.9 Å². The first-order valence-corrected chi connectivity index (χ1v) is 5.76. The largest absolute Gasteiger partial charge is 0.411 e. The lowest BCUT2D eigenvalue weighted by atomic mass is 10.1. The molecule has 0 aliphatic rings. The van der Waals surface area contributed by atoms with Crippen LogP contribution in [0.4, 0.5) is 13.2 Å². The summed E-state index contributed by atoms with van der Waals surface area (Å²) in [6.45, 7) is 1.41. The van der Waals surface area contributed by atoms with Crippen LogP contribution < -0.4 is 5.32 Å². The smallest absolute Gasteiger partial charge is 0.370 e. The Morgan fingerprint density at radius 3 is 2.72 bits per heavy atom. The number of aryl methyl sites for hydroxylation is 1. The maximum atomic E-state index is 12.0. The molecular formula is C11H18F3N3O. The number of alkyl halides is 3. The molecule has 104 valence electrons. The molecular weight excluding hydrogens is 247 g/mol. The number of nitrogens with one attached hydrogen (secondary N) is 1. The molecule has 0 amide bonds. The molecule has 1 rings (SSSR count). The summed E-state index contributed by atoms with van der Waals surface area (Å²) in [6.07, 6.45) is -0.132. The molecule has 1 aromatic heterocycles. The van der Waals surface area contributed by atoms with Gasteiger partial charge in [0.05, 0.1) is 12.8 Å². The molecule has 0 saturated carbocycles. The van der Waals surface area contributed by atoms with E-state index >= 15 is 0 Å². The van der Waals surface area contributed by atoms with Crippen LogP contribution in [0.2, 0.25) is 0 Å². The van der Waals surface area contributed by atoms with E-state index in [0.29, 0.717) is 13.0 Å². The second-order valence-electron chi connectivity index (χ2n) is 4.11. The van der Waals surface area contributed by atoms with Crippen molar-refractivity contribution in [1.29, 1.82) is 0 Å². The lowest BCUT2D eigenvalue weighted by Gasteiger charge is -2.17. The zero-order valence-corrected chi connectivity index (χ0v) is 10.5. The van der Waals surface area contributed by atoms with Gasteiger partial charge in [-0.2, -0.15) is 18.3 Å². The second kappa shape index (κ2) is 6.75. The molecule has 18 heavy (non-hydrogen) atoms. The summed E-state index contributed by atoms with van der Waals surface area (Å²) in [5.74, 6) is 0. The number of hydrogen-bond donors (Lipinski definition) is 1. The van der Waals surface area contributed by atoms with Crippen molar-refractivity contribution in [1.82, 2.24) is 15.1 Å². The number of nitrogens with zero attached hydrogens (tertiary/aromatic N) is 2. The summed E-state index contributed by atoms with van der Waals surface area (Å²) in [5.41, 5.74) is 0.971. The number of ether oxygens (including phenoxy) is 1. The summed E-state index contributed by atoms with van der Waals surface area (Å²) in [4.78, 5) is 0. The first kappa shape index (κ1) is 15.0. The highest BCUT2D eigenvalue weighted by Crippen LogP contribution is 2.14. The molecule has 1 aromatic rings. The number of halogens is 3. The fourth-order valence-corrected chi connectivity index (χ4v) is 1.66. The van der Waals surface area contributed by atoms with Gasteiger partial charge in [0.1, 0.15) is 6.61 Å². The van der Waals surface area contributed by atoms with E-state index < -0.39 is 12.8 Å². The van der Waals surface area contributed by atoms with Gasteiger partial charge in [-0.15, -0.1) is 0 Å². The van der Waals surface area contributed by atoms with Crippen molar-refractivity contribution in [3.63, 3.8) is 0 Å². The van der Waals surface area contributed by atoms with Crippen molar-refractivity contribution in [2.75, 3.05) is 19.8 Å². The molecule has 0 bridgehead atoms. The third-order valence-electron chi connectivity index (χ3n) is 2.32. The maximum absolute atomic E-state index is 12.0. The Morgan fingerprint density at radius 1 is 1.50 bits per heavy atom. The minimum Gasteiger partial charge on any atom is -0.370 e. The van der Waals surface area contributed by atoms with E-state index in [1.54, 1.807) is 17.9 Å². The summed E-state index contributed by atoms with van der Waals surface area (Å²) in [7, 11) is 1.80. The molecule has 1 N–H and O–H groups in total. The van der Waals surface area contributed by atoms with E-state index in [2.05, 4.69) is 15.2 Å². The summed E-state index contributed by atoms with van der Waals surface area (Å²) < 4.78 is 42.2. The minimum atomic E-state index is -4.27. The molecule has 0 saturated heterocycles. The zero-order valence-electron chi connectivity index (χ0n) is 10.5. The van der Waals surface area contributed by atoms with E-state index in [-0.39, 0.29) is 12.6 Å². The maximum Gasteiger partial charge on any atom is 0.411 e. The van der Waals surface area contributed by atoms with Gasteiger partial charge in [0.2, 0.25) is 0 Å². The molecule has 4 nitrogen and oxygen atoms in total. The third kappa shape index (κ3) is 6.02. The van der Waals surface area contributed by atoms with Crippen molar-refractivity contribution in [2.24, 2.45) is 7.05 Å². The number of rotatable bonds is 7. The predicted molar refractivity (Wildman–Crippen MR) is 61.3 cm³/mol. The lowest BCUT2D eigenvalue weighted by molar-refractivity contribution is -0.175. The normalized spacial score (nSPS) is 13.8. The Balaban J connectivity index is 2.40. The van der Waals surface area contributed by atoms with Crippen LogP contribution in [0.5, 0.6) is 0 Å². The fraction of sp³-hybridized carbons (Fsp3) is 0.727. The van der Waals surface area contributed by atoms with Gasteiger partial charge >= 0.3 is 6.18 Å². The zero-order chi connectivity index (χ0) is 13.6. The molecule has 0 aromatic carbocycles. The van der Waals surface area contributed by atoms with Crippen molar-refractivity contribution in [3.8, 4) is 0 Å². The average molecular weight is 265 g/mol. The van der Waals surface area contributed by atoms with Gasteiger partial charge in [0, 0.05) is 19.3 Å². The summed E-state index contributed by atoms with van der Waals surface area (Å²) in [6, 6.07) is -0.137. The minimum absolute atomic E-state index is 0.0300. The van der Waals surface area contributed by atoms with Gasteiger partial charge in [0.15, 0.2) is 0 Å². The van der Waals surface area contributed by atoms with E-state index in [1.807, 2.05) is 13.1 Å². The van der Waals surface area contributed by atoms with Crippen LogP contribution >= 0.6 is 0 Å². The van der Waals surface area contributed by atoms with Crippen LogP contribution in [0, 0.1) is 0 Å².